The Kier molecular flexibility index (Phi) is 6.13. The highest BCUT2D eigenvalue weighted by Crippen LogP contribution is 2.45. The topological polar surface area (TPSA) is 71.0 Å². The van der Waals surface area contributed by atoms with Crippen LogP contribution in [0.15, 0.2) is 65.7 Å². The molecule has 34 heavy (non-hydrogen) atoms. The van der Waals surface area contributed by atoms with Crippen LogP contribution in [0.4, 0.5) is 15.8 Å². The maximum atomic E-state index is 14.1. The van der Waals surface area contributed by atoms with Gasteiger partial charge in [-0.3, -0.25) is 4.79 Å². The molecule has 178 valence electrons. The van der Waals surface area contributed by atoms with Gasteiger partial charge in [-0.25, -0.2) is 4.39 Å². The molecule has 0 saturated carbocycles. The Hall–Kier alpha value is -3.74. The number of halogens is 1. The second-order valence-electron chi connectivity index (χ2n) is 9.06. The second kappa shape index (κ2) is 8.89. The predicted octanol–water partition coefficient (Wildman–Crippen LogP) is 5.84. The van der Waals surface area contributed by atoms with Crippen molar-refractivity contribution in [3.63, 3.8) is 0 Å². The molecule has 0 fully saturated rings. The molecule has 1 amide bonds. The van der Waals surface area contributed by atoms with Crippen molar-refractivity contribution in [1.82, 2.24) is 0 Å². The average molecular weight is 465 g/mol. The van der Waals surface area contributed by atoms with E-state index >= 15 is 0 Å². The molecule has 4 rings (SSSR count). The molecular weight excluding hydrogens is 435 g/mol. The number of ether oxygens (including phenoxy) is 2. The summed E-state index contributed by atoms with van der Waals surface area (Å²) in [6.45, 7) is 5.67. The van der Waals surface area contributed by atoms with Crippen molar-refractivity contribution in [2.75, 3.05) is 24.4 Å². The van der Waals surface area contributed by atoms with Crippen LogP contribution in [-0.4, -0.2) is 30.7 Å². The van der Waals surface area contributed by atoms with Gasteiger partial charge in [0.15, 0.2) is 0 Å². The summed E-state index contributed by atoms with van der Waals surface area (Å²) >= 11 is 0. The summed E-state index contributed by atoms with van der Waals surface area (Å²) in [6, 6.07) is 8.74. The van der Waals surface area contributed by atoms with E-state index in [9.17, 15) is 14.3 Å². The number of methoxy groups -OCH3 is 1. The van der Waals surface area contributed by atoms with Crippen LogP contribution in [-0.2, 0) is 16.1 Å². The molecule has 0 bridgehead atoms. The van der Waals surface area contributed by atoms with Gasteiger partial charge >= 0.3 is 0 Å². The number of allylic oxidation sites excluding steroid dienone is 5. The first-order chi connectivity index (χ1) is 16.1. The second-order valence-corrected chi connectivity index (χ2v) is 9.06. The Bertz CT molecular complexity index is 1240. The van der Waals surface area contributed by atoms with Gasteiger partial charge in [-0.05, 0) is 62.6 Å². The number of benzene rings is 2. The zero-order valence-corrected chi connectivity index (χ0v) is 20.0. The first-order valence-corrected chi connectivity index (χ1v) is 11.1. The summed E-state index contributed by atoms with van der Waals surface area (Å²) in [6.07, 6.45) is 5.15. The molecule has 0 spiro atoms. The fourth-order valence-electron chi connectivity index (χ4n) is 4.39. The molecule has 6 nitrogen and oxygen atoms in total. The largest absolute Gasteiger partial charge is 0.508 e. The van der Waals surface area contributed by atoms with E-state index in [1.165, 1.54) is 25.3 Å². The van der Waals surface area contributed by atoms with E-state index in [2.05, 4.69) is 5.32 Å². The number of phenolic OH excluding ortho intramolecular Hbond substituents is 1. The van der Waals surface area contributed by atoms with Crippen molar-refractivity contribution in [2.24, 2.45) is 0 Å². The fraction of sp³-hybridized carbons (Fsp3) is 0.296. The van der Waals surface area contributed by atoms with E-state index in [0.29, 0.717) is 23.6 Å². The van der Waals surface area contributed by atoms with Crippen LogP contribution < -0.4 is 15.0 Å². The smallest absolute Gasteiger partial charge is 0.251 e. The minimum Gasteiger partial charge on any atom is -0.508 e. The molecule has 0 unspecified atom stereocenters. The molecule has 2 aliphatic rings. The number of aromatic hydroxyl groups is 1. The molecule has 0 radical (unpaired) electrons. The van der Waals surface area contributed by atoms with Crippen molar-refractivity contribution in [3.8, 4) is 22.6 Å². The highest BCUT2D eigenvalue weighted by atomic mass is 19.1. The number of rotatable bonds is 5. The third-order valence-corrected chi connectivity index (χ3v) is 6.14. The molecule has 2 N–H and O–H groups in total. The summed E-state index contributed by atoms with van der Waals surface area (Å²) in [5, 5.41) is 13.3. The lowest BCUT2D eigenvalue weighted by molar-refractivity contribution is -0.121. The van der Waals surface area contributed by atoms with Crippen molar-refractivity contribution < 1.29 is 23.8 Å². The standard InChI is InChI=1S/C27H29FN2O4/c1-16-7-6-8-17(28)13-23(16)34-15-21-19(20-10-9-18(31)14-24(20)33-5)11-12-22-25(21)30(4)26(32)27(2,3)29-22/h6,8-14,29,31H,7,15H2,1-5H3. The Morgan fingerprint density at radius 1 is 1.21 bits per heavy atom. The highest BCUT2D eigenvalue weighted by Gasteiger charge is 2.38. The van der Waals surface area contributed by atoms with E-state index in [1.54, 1.807) is 30.2 Å². The monoisotopic (exact) mass is 464 g/mol. The maximum Gasteiger partial charge on any atom is 0.251 e. The van der Waals surface area contributed by atoms with Gasteiger partial charge in [-0.1, -0.05) is 12.1 Å². The van der Waals surface area contributed by atoms with Crippen LogP contribution >= 0.6 is 0 Å². The van der Waals surface area contributed by atoms with Crippen LogP contribution in [0.2, 0.25) is 0 Å². The number of hydrogen-bond acceptors (Lipinski definition) is 5. The van der Waals surface area contributed by atoms with Crippen LogP contribution in [0.25, 0.3) is 11.1 Å². The third-order valence-electron chi connectivity index (χ3n) is 6.14. The van der Waals surface area contributed by atoms with Gasteiger partial charge in [0.2, 0.25) is 0 Å². The Morgan fingerprint density at radius 3 is 2.68 bits per heavy atom. The Morgan fingerprint density at radius 2 is 1.94 bits per heavy atom. The molecule has 0 aromatic heterocycles. The molecule has 1 aliphatic heterocycles. The zero-order valence-electron chi connectivity index (χ0n) is 20.0. The number of carbonyl (C=O) groups is 1. The summed E-state index contributed by atoms with van der Waals surface area (Å²) in [4.78, 5) is 14.7. The molecule has 1 aliphatic carbocycles. The number of carbonyl (C=O) groups excluding carboxylic acids is 1. The minimum absolute atomic E-state index is 0.0828. The van der Waals surface area contributed by atoms with Crippen molar-refractivity contribution in [3.05, 3.63) is 71.3 Å². The number of anilines is 2. The van der Waals surface area contributed by atoms with E-state index in [-0.39, 0.29) is 24.1 Å². The summed E-state index contributed by atoms with van der Waals surface area (Å²) < 4.78 is 25.8. The maximum absolute atomic E-state index is 14.1. The van der Waals surface area contributed by atoms with Crippen molar-refractivity contribution in [1.29, 1.82) is 0 Å². The first-order valence-electron chi connectivity index (χ1n) is 11.1. The van der Waals surface area contributed by atoms with Gasteiger partial charge in [0.05, 0.1) is 18.5 Å². The number of likely N-dealkylation sites (N-methyl/N-ethyl adjacent to an activating group) is 1. The summed E-state index contributed by atoms with van der Waals surface area (Å²) in [5.74, 6) is 0.564. The van der Waals surface area contributed by atoms with Crippen molar-refractivity contribution >= 4 is 17.3 Å². The lowest BCUT2D eigenvalue weighted by Crippen LogP contribution is -2.52. The molecular formula is C27H29FN2O4. The third kappa shape index (κ3) is 4.25. The van der Waals surface area contributed by atoms with Crippen molar-refractivity contribution in [2.45, 2.75) is 39.3 Å². The highest BCUT2D eigenvalue weighted by molar-refractivity contribution is 6.08. The number of amides is 1. The Balaban J connectivity index is 1.87. The lowest BCUT2D eigenvalue weighted by atomic mass is 9.91. The fourth-order valence-corrected chi connectivity index (χ4v) is 4.39. The molecule has 0 saturated heterocycles. The Labute approximate surface area is 199 Å². The zero-order chi connectivity index (χ0) is 24.6. The number of nitrogens with one attached hydrogen (secondary N) is 1. The van der Waals surface area contributed by atoms with Gasteiger partial charge in [0, 0.05) is 30.3 Å². The number of nitrogens with zero attached hydrogens (tertiary/aromatic N) is 1. The molecule has 2 aromatic carbocycles. The number of fused-ring (bicyclic) bond motifs is 1. The SMILES string of the molecule is COc1cc(O)ccc1-c1ccc2c(c1COC1=C(C)CC=CC(F)=C1)N(C)C(=O)C(C)(C)N2. The molecule has 2 aromatic rings. The average Bonchev–Trinajstić information content (AvgIpc) is 2.95. The normalized spacial score (nSPS) is 17.1. The van der Waals surface area contributed by atoms with Crippen LogP contribution in [0.3, 0.4) is 0 Å². The van der Waals surface area contributed by atoms with Gasteiger partial charge < -0.3 is 24.8 Å². The van der Waals surface area contributed by atoms with Crippen LogP contribution in [0, 0.1) is 0 Å². The molecule has 0 atom stereocenters. The lowest BCUT2D eigenvalue weighted by Gasteiger charge is -2.39. The van der Waals surface area contributed by atoms with Gasteiger partial charge in [-0.2, -0.15) is 0 Å². The van der Waals surface area contributed by atoms with E-state index < -0.39 is 5.54 Å². The van der Waals surface area contributed by atoms with Crippen LogP contribution in [0.1, 0.15) is 32.8 Å². The van der Waals surface area contributed by atoms with E-state index in [1.807, 2.05) is 32.9 Å². The number of phenols is 1. The summed E-state index contributed by atoms with van der Waals surface area (Å²) in [7, 11) is 3.28. The van der Waals surface area contributed by atoms with E-state index in [0.717, 1.165) is 28.0 Å². The minimum atomic E-state index is -0.768. The van der Waals surface area contributed by atoms with Gasteiger partial charge in [0.25, 0.3) is 5.91 Å². The van der Waals surface area contributed by atoms with Gasteiger partial charge in [0.1, 0.15) is 35.2 Å². The predicted molar refractivity (Wildman–Crippen MR) is 132 cm³/mol. The quantitative estimate of drug-likeness (QED) is 0.582. The molecule has 1 heterocycles. The summed E-state index contributed by atoms with van der Waals surface area (Å²) in [5.41, 5.74) is 3.88. The van der Waals surface area contributed by atoms with Crippen LogP contribution in [0.5, 0.6) is 11.5 Å². The van der Waals surface area contributed by atoms with E-state index in [4.69, 9.17) is 9.47 Å². The first kappa shape index (κ1) is 23.4. The van der Waals surface area contributed by atoms with Gasteiger partial charge in [-0.15, -0.1) is 0 Å². The molecule has 7 heteroatoms. The number of hydrogen-bond donors (Lipinski definition) is 2.